The van der Waals surface area contributed by atoms with Crippen molar-refractivity contribution in [2.45, 2.75) is 45.7 Å². The molecular formula is C24H27N3OS. The minimum Gasteiger partial charge on any atom is -0.293 e. The predicted octanol–water partition coefficient (Wildman–Crippen LogP) is 5.51. The lowest BCUT2D eigenvalue weighted by Gasteiger charge is -2.24. The van der Waals surface area contributed by atoms with Gasteiger partial charge in [-0.25, -0.2) is 4.98 Å². The van der Waals surface area contributed by atoms with Crippen LogP contribution in [-0.2, 0) is 24.2 Å². The summed E-state index contributed by atoms with van der Waals surface area (Å²) in [6, 6.07) is 17.2. The van der Waals surface area contributed by atoms with Crippen LogP contribution < -0.4 is 4.90 Å². The fraction of sp³-hybridized carbons (Fsp3) is 0.333. The van der Waals surface area contributed by atoms with Crippen molar-refractivity contribution in [3.05, 3.63) is 76.3 Å². The first kappa shape index (κ1) is 19.8. The fourth-order valence-corrected chi connectivity index (χ4v) is 5.14. The summed E-state index contributed by atoms with van der Waals surface area (Å²) in [5.41, 5.74) is 5.99. The third-order valence-corrected chi connectivity index (χ3v) is 6.58. The van der Waals surface area contributed by atoms with E-state index in [1.165, 1.54) is 22.5 Å². The molecule has 3 aromatic rings. The second-order valence-corrected chi connectivity index (χ2v) is 8.46. The Bertz CT molecular complexity index is 1010. The average Bonchev–Trinajstić information content (AvgIpc) is 3.35. The number of carbonyl (C=O) groups excluding carboxylic acids is 1. The summed E-state index contributed by atoms with van der Waals surface area (Å²) in [6.45, 7) is 4.49. The molecule has 0 saturated heterocycles. The van der Waals surface area contributed by atoms with E-state index in [1.54, 1.807) is 11.8 Å². The molecule has 150 valence electrons. The molecule has 0 aliphatic heterocycles. The predicted molar refractivity (Wildman–Crippen MR) is 120 cm³/mol. The second kappa shape index (κ2) is 8.47. The van der Waals surface area contributed by atoms with E-state index in [2.05, 4.69) is 54.6 Å². The first-order valence-corrected chi connectivity index (χ1v) is 11.1. The average molecular weight is 406 g/mol. The number of benzene rings is 2. The van der Waals surface area contributed by atoms with Gasteiger partial charge in [0.05, 0.1) is 11.4 Å². The van der Waals surface area contributed by atoms with Crippen molar-refractivity contribution in [3.63, 3.8) is 0 Å². The Morgan fingerprint density at radius 3 is 2.72 bits per heavy atom. The zero-order valence-corrected chi connectivity index (χ0v) is 18.1. The number of hydrogen-bond acceptors (Lipinski definition) is 4. The van der Waals surface area contributed by atoms with Gasteiger partial charge in [-0.15, -0.1) is 11.3 Å². The van der Waals surface area contributed by atoms with Crippen molar-refractivity contribution < 1.29 is 4.79 Å². The molecule has 1 aliphatic carbocycles. The number of nitrogens with zero attached hydrogens (tertiary/aromatic N) is 3. The zero-order chi connectivity index (χ0) is 20.4. The van der Waals surface area contributed by atoms with Crippen LogP contribution in [-0.4, -0.2) is 22.8 Å². The van der Waals surface area contributed by atoms with Gasteiger partial charge >= 0.3 is 0 Å². The number of thiazole rings is 1. The normalized spacial score (nSPS) is 15.5. The Morgan fingerprint density at radius 1 is 1.17 bits per heavy atom. The van der Waals surface area contributed by atoms with E-state index < -0.39 is 0 Å². The van der Waals surface area contributed by atoms with Crippen molar-refractivity contribution >= 4 is 28.1 Å². The van der Waals surface area contributed by atoms with Crippen LogP contribution in [0.4, 0.5) is 10.8 Å². The van der Waals surface area contributed by atoms with Gasteiger partial charge in [0.15, 0.2) is 5.13 Å². The van der Waals surface area contributed by atoms with E-state index >= 15 is 0 Å². The molecule has 0 saturated carbocycles. The van der Waals surface area contributed by atoms with Crippen molar-refractivity contribution in [3.8, 4) is 0 Å². The van der Waals surface area contributed by atoms with E-state index in [1.807, 2.05) is 18.2 Å². The van der Waals surface area contributed by atoms with Crippen molar-refractivity contribution in [1.29, 1.82) is 0 Å². The summed E-state index contributed by atoms with van der Waals surface area (Å²) in [7, 11) is 2.17. The Labute approximate surface area is 176 Å². The van der Waals surface area contributed by atoms with Gasteiger partial charge < -0.3 is 0 Å². The number of amides is 1. The number of aryl methyl sites for hydroxylation is 2. The van der Waals surface area contributed by atoms with E-state index in [0.717, 1.165) is 47.9 Å². The van der Waals surface area contributed by atoms with Crippen LogP contribution in [0, 0.1) is 0 Å². The van der Waals surface area contributed by atoms with E-state index in [0.29, 0.717) is 6.04 Å². The van der Waals surface area contributed by atoms with Crippen LogP contribution in [0.5, 0.6) is 0 Å². The number of para-hydroxylation sites is 1. The number of hydrogen-bond donors (Lipinski definition) is 0. The quantitative estimate of drug-likeness (QED) is 0.543. The van der Waals surface area contributed by atoms with Gasteiger partial charge in [0.2, 0.25) is 5.91 Å². The van der Waals surface area contributed by atoms with E-state index in [9.17, 15) is 4.79 Å². The van der Waals surface area contributed by atoms with E-state index in [-0.39, 0.29) is 5.91 Å². The molecule has 1 aliphatic rings. The van der Waals surface area contributed by atoms with Crippen molar-refractivity contribution in [2.75, 3.05) is 11.9 Å². The summed E-state index contributed by atoms with van der Waals surface area (Å²) < 4.78 is 0. The molecule has 2 aromatic carbocycles. The van der Waals surface area contributed by atoms with Gasteiger partial charge in [-0.1, -0.05) is 49.4 Å². The van der Waals surface area contributed by atoms with Crippen molar-refractivity contribution in [1.82, 2.24) is 9.88 Å². The fourth-order valence-electron chi connectivity index (χ4n) is 4.27. The molecule has 1 atom stereocenters. The smallest absolute Gasteiger partial charge is 0.230 e. The van der Waals surface area contributed by atoms with Gasteiger partial charge in [0.1, 0.15) is 0 Å². The molecule has 0 spiro atoms. The van der Waals surface area contributed by atoms with E-state index in [4.69, 9.17) is 4.98 Å². The molecule has 0 fully saturated rings. The molecule has 0 radical (unpaired) electrons. The highest BCUT2D eigenvalue weighted by Gasteiger charge is 2.26. The molecule has 4 rings (SSSR count). The van der Waals surface area contributed by atoms with Crippen LogP contribution in [0.3, 0.4) is 0 Å². The van der Waals surface area contributed by atoms with Crippen LogP contribution in [0.1, 0.15) is 48.7 Å². The molecule has 5 heteroatoms. The van der Waals surface area contributed by atoms with Gasteiger partial charge in [0.25, 0.3) is 0 Å². The molecule has 0 bridgehead atoms. The Kier molecular flexibility index (Phi) is 5.79. The topological polar surface area (TPSA) is 36.4 Å². The molecule has 0 N–H and O–H groups in total. The highest BCUT2D eigenvalue weighted by Crippen LogP contribution is 2.36. The molecule has 1 unspecified atom stereocenters. The molecule has 1 heterocycles. The number of rotatable bonds is 6. The molecular weight excluding hydrogens is 378 g/mol. The SMILES string of the molecule is CCc1ccccc1N(C(C)=O)c1nc(CN(C)C2CCc3ccccc32)cs1. The first-order chi connectivity index (χ1) is 14.1. The largest absolute Gasteiger partial charge is 0.293 e. The van der Waals surface area contributed by atoms with Crippen LogP contribution >= 0.6 is 11.3 Å². The number of aromatic nitrogens is 1. The van der Waals surface area contributed by atoms with Crippen LogP contribution in [0.25, 0.3) is 0 Å². The maximum Gasteiger partial charge on any atom is 0.230 e. The highest BCUT2D eigenvalue weighted by molar-refractivity contribution is 7.14. The summed E-state index contributed by atoms with van der Waals surface area (Å²) in [5, 5.41) is 2.82. The minimum atomic E-state index is -0.00938. The van der Waals surface area contributed by atoms with Gasteiger partial charge in [0, 0.05) is 24.9 Å². The van der Waals surface area contributed by atoms with Crippen LogP contribution in [0.2, 0.25) is 0 Å². The van der Waals surface area contributed by atoms with Gasteiger partial charge in [-0.3, -0.25) is 14.6 Å². The van der Waals surface area contributed by atoms with Crippen LogP contribution in [0.15, 0.2) is 53.9 Å². The molecule has 29 heavy (non-hydrogen) atoms. The second-order valence-electron chi connectivity index (χ2n) is 7.63. The maximum absolute atomic E-state index is 12.5. The third-order valence-electron chi connectivity index (χ3n) is 5.70. The maximum atomic E-state index is 12.5. The first-order valence-electron chi connectivity index (χ1n) is 10.2. The number of carbonyl (C=O) groups is 1. The Balaban J connectivity index is 1.55. The summed E-state index contributed by atoms with van der Waals surface area (Å²) >= 11 is 1.54. The lowest BCUT2D eigenvalue weighted by molar-refractivity contribution is -0.115. The summed E-state index contributed by atoms with van der Waals surface area (Å²) in [6.07, 6.45) is 3.16. The summed E-state index contributed by atoms with van der Waals surface area (Å²) in [4.78, 5) is 21.4. The lowest BCUT2D eigenvalue weighted by atomic mass is 10.1. The van der Waals surface area contributed by atoms with Crippen molar-refractivity contribution in [2.24, 2.45) is 0 Å². The summed E-state index contributed by atoms with van der Waals surface area (Å²) in [5.74, 6) is -0.00938. The zero-order valence-electron chi connectivity index (χ0n) is 17.3. The number of fused-ring (bicyclic) bond motifs is 1. The molecule has 1 amide bonds. The molecule has 1 aromatic heterocycles. The minimum absolute atomic E-state index is 0.00938. The monoisotopic (exact) mass is 405 g/mol. The third kappa shape index (κ3) is 3.98. The molecule has 4 nitrogen and oxygen atoms in total. The van der Waals surface area contributed by atoms with Gasteiger partial charge in [-0.2, -0.15) is 0 Å². The standard InChI is InChI=1S/C24H27N3OS/c1-4-18-9-6-8-12-22(18)27(17(2)28)24-25-20(16-29-24)15-26(3)23-14-13-19-10-5-7-11-21(19)23/h5-12,16,23H,4,13-15H2,1-3H3. The van der Waals surface area contributed by atoms with Gasteiger partial charge in [-0.05, 0) is 49.1 Å². The Hall–Kier alpha value is -2.50. The number of anilines is 2. The lowest BCUT2D eigenvalue weighted by Crippen LogP contribution is -2.24. The Morgan fingerprint density at radius 2 is 1.93 bits per heavy atom. The highest BCUT2D eigenvalue weighted by atomic mass is 32.1.